The van der Waals surface area contributed by atoms with E-state index in [9.17, 15) is 9.59 Å². The van der Waals surface area contributed by atoms with Crippen molar-refractivity contribution in [3.05, 3.63) is 161 Å². The predicted molar refractivity (Wildman–Crippen MR) is 187 cm³/mol. The molecule has 242 valence electrons. The highest BCUT2D eigenvalue weighted by atomic mass is 32.2. The van der Waals surface area contributed by atoms with Crippen molar-refractivity contribution >= 4 is 29.1 Å². The van der Waals surface area contributed by atoms with Gasteiger partial charge in [0.05, 0.1) is 18.1 Å². The number of carbonyl (C=O) groups excluding carboxylic acids is 2. The zero-order valence-electron chi connectivity index (χ0n) is 26.5. The second-order valence-corrected chi connectivity index (χ2v) is 12.1. The highest BCUT2D eigenvalue weighted by Crippen LogP contribution is 2.47. The predicted octanol–water partition coefficient (Wildman–Crippen LogP) is 7.51. The minimum absolute atomic E-state index is 0.222. The third kappa shape index (κ3) is 7.11. The minimum atomic E-state index is -1.13. The van der Waals surface area contributed by atoms with E-state index in [1.54, 1.807) is 18.5 Å². The fourth-order valence-electron chi connectivity index (χ4n) is 5.80. The highest BCUT2D eigenvalue weighted by Gasteiger charge is 2.53. The summed E-state index contributed by atoms with van der Waals surface area (Å²) in [5.41, 5.74) is 3.12. The molecular weight excluding hydrogens is 623 g/mol. The molecule has 2 amide bonds. The summed E-state index contributed by atoms with van der Waals surface area (Å²) in [4.78, 5) is 39.2. The maximum atomic E-state index is 14.3. The van der Waals surface area contributed by atoms with Crippen molar-refractivity contribution in [2.45, 2.75) is 24.1 Å². The molecule has 0 bridgehead atoms. The molecule has 4 aromatic carbocycles. The maximum Gasteiger partial charge on any atom is 0.290 e. The number of aromatic nitrogens is 1. The lowest BCUT2D eigenvalue weighted by Gasteiger charge is -2.42. The maximum absolute atomic E-state index is 14.3. The fraction of sp³-hybridized carbons (Fsp3) is 0.179. The normalized spacial score (nSPS) is 14.8. The molecule has 1 fully saturated rings. The van der Waals surface area contributed by atoms with Crippen molar-refractivity contribution in [2.24, 2.45) is 5.16 Å². The lowest BCUT2D eigenvalue weighted by molar-refractivity contribution is -0.129. The topological polar surface area (TPSA) is 90.3 Å². The molecule has 1 saturated heterocycles. The molecule has 0 N–H and O–H groups in total. The smallest absolute Gasteiger partial charge is 0.290 e. The van der Waals surface area contributed by atoms with E-state index < -0.39 is 10.8 Å². The monoisotopic (exact) mass is 657 g/mol. The van der Waals surface area contributed by atoms with Crippen LogP contribution in [0, 0.1) is 0 Å². The number of benzene rings is 4. The molecule has 0 saturated carbocycles. The van der Waals surface area contributed by atoms with E-state index in [1.165, 1.54) is 4.90 Å². The van der Waals surface area contributed by atoms with E-state index in [0.717, 1.165) is 39.6 Å². The van der Waals surface area contributed by atoms with Gasteiger partial charge in [-0.2, -0.15) is 0 Å². The Bertz CT molecular complexity index is 1720. The molecule has 2 heterocycles. The van der Waals surface area contributed by atoms with E-state index in [0.29, 0.717) is 31.3 Å². The van der Waals surface area contributed by atoms with Crippen LogP contribution in [0.15, 0.2) is 139 Å². The van der Waals surface area contributed by atoms with Crippen LogP contribution in [0.3, 0.4) is 0 Å². The number of oxime groups is 1. The molecule has 6 rings (SSSR count). The molecule has 5 aromatic rings. The van der Waals surface area contributed by atoms with Crippen LogP contribution >= 0.6 is 11.8 Å². The van der Waals surface area contributed by atoms with Gasteiger partial charge in [0, 0.05) is 17.8 Å². The minimum Gasteiger partial charge on any atom is -0.490 e. The molecule has 1 aliphatic heterocycles. The quantitative estimate of drug-likeness (QED) is 0.0529. The van der Waals surface area contributed by atoms with Crippen LogP contribution < -0.4 is 9.47 Å². The number of imide groups is 1. The Balaban J connectivity index is 1.12. The third-order valence-electron chi connectivity index (χ3n) is 7.95. The average molecular weight is 658 g/mol. The Kier molecular flexibility index (Phi) is 10.5. The molecule has 1 atom stereocenters. The molecular formula is C39H35N3O5S. The van der Waals surface area contributed by atoms with E-state index in [4.69, 9.17) is 14.3 Å². The van der Waals surface area contributed by atoms with Gasteiger partial charge in [-0.15, -0.1) is 0 Å². The zero-order chi connectivity index (χ0) is 33.2. The number of nitrogens with zero attached hydrogens (tertiary/aromatic N) is 3. The molecule has 0 spiro atoms. The van der Waals surface area contributed by atoms with Crippen molar-refractivity contribution in [2.75, 3.05) is 19.8 Å². The van der Waals surface area contributed by atoms with Gasteiger partial charge in [-0.3, -0.25) is 14.5 Å². The van der Waals surface area contributed by atoms with Crippen LogP contribution in [0.2, 0.25) is 0 Å². The second-order valence-electron chi connectivity index (χ2n) is 11.0. The highest BCUT2D eigenvalue weighted by molar-refractivity contribution is 8.15. The number of pyridine rings is 1. The summed E-state index contributed by atoms with van der Waals surface area (Å²) in [5, 5.41) is 3.12. The Morgan fingerprint density at radius 1 is 0.771 bits per heavy atom. The van der Waals surface area contributed by atoms with E-state index in [2.05, 4.69) is 10.1 Å². The van der Waals surface area contributed by atoms with Crippen LogP contribution in [0.4, 0.5) is 4.79 Å². The van der Waals surface area contributed by atoms with Crippen LogP contribution in [-0.2, 0) is 21.6 Å². The third-order valence-corrected chi connectivity index (χ3v) is 8.98. The number of hydrogen-bond donors (Lipinski definition) is 0. The molecule has 1 aromatic heterocycles. The van der Waals surface area contributed by atoms with Gasteiger partial charge in [-0.25, -0.2) is 4.98 Å². The lowest BCUT2D eigenvalue weighted by atomic mass is 9.75. The number of thioether (sulfide) groups is 1. The number of carbonyl (C=O) groups is 2. The van der Waals surface area contributed by atoms with E-state index in [1.807, 2.05) is 128 Å². The zero-order valence-corrected chi connectivity index (χ0v) is 27.3. The Hall–Kier alpha value is -5.41. The molecule has 0 radical (unpaired) electrons. The lowest BCUT2D eigenvalue weighted by Crippen LogP contribution is -2.51. The standard InChI is InChI=1S/C39H35N3O5S/c1-2-45-36-23-20-30(27-40-36)28-41-47-25-24-46-34-21-18-29(19-22-34)26-35-37(43)42(38(44)48-35)39(31-12-6-3-7-13-31,32-14-8-4-9-15-32)33-16-10-5-11-17-33/h3-23,27-28,35H,2,24-26H2,1H3. The summed E-state index contributed by atoms with van der Waals surface area (Å²) in [6.45, 7) is 3.04. The largest absolute Gasteiger partial charge is 0.490 e. The first-order valence-electron chi connectivity index (χ1n) is 15.8. The average Bonchev–Trinajstić information content (AvgIpc) is 3.41. The van der Waals surface area contributed by atoms with Crippen molar-refractivity contribution < 1.29 is 23.9 Å². The Morgan fingerprint density at radius 2 is 1.38 bits per heavy atom. The van der Waals surface area contributed by atoms with Crippen molar-refractivity contribution in [1.29, 1.82) is 0 Å². The van der Waals surface area contributed by atoms with Gasteiger partial charge < -0.3 is 14.3 Å². The summed E-state index contributed by atoms with van der Waals surface area (Å²) in [7, 11) is 0. The molecule has 9 heteroatoms. The number of hydrogen-bond acceptors (Lipinski definition) is 8. The number of rotatable bonds is 14. The molecule has 1 aliphatic rings. The van der Waals surface area contributed by atoms with E-state index in [-0.39, 0.29) is 17.8 Å². The van der Waals surface area contributed by atoms with Gasteiger partial charge >= 0.3 is 0 Å². The first kappa shape index (κ1) is 32.5. The van der Waals surface area contributed by atoms with Gasteiger partial charge in [-0.05, 0) is 53.8 Å². The van der Waals surface area contributed by atoms with Gasteiger partial charge in [0.15, 0.2) is 6.61 Å². The molecule has 1 unspecified atom stereocenters. The Morgan fingerprint density at radius 3 is 1.92 bits per heavy atom. The second kappa shape index (κ2) is 15.5. The number of ether oxygens (including phenoxy) is 2. The summed E-state index contributed by atoms with van der Waals surface area (Å²) < 4.78 is 11.1. The fourth-order valence-corrected chi connectivity index (χ4v) is 6.86. The van der Waals surface area contributed by atoms with Crippen LogP contribution in [0.1, 0.15) is 34.7 Å². The van der Waals surface area contributed by atoms with Crippen LogP contribution in [0.25, 0.3) is 0 Å². The van der Waals surface area contributed by atoms with Gasteiger partial charge in [0.25, 0.3) is 5.24 Å². The summed E-state index contributed by atoms with van der Waals surface area (Å²) in [6.07, 6.45) is 3.64. The Labute approximate surface area is 284 Å². The van der Waals surface area contributed by atoms with Crippen molar-refractivity contribution in [3.63, 3.8) is 0 Å². The van der Waals surface area contributed by atoms with Crippen molar-refractivity contribution in [1.82, 2.24) is 9.88 Å². The summed E-state index contributed by atoms with van der Waals surface area (Å²) in [5.74, 6) is 1.01. The first-order chi connectivity index (χ1) is 23.6. The summed E-state index contributed by atoms with van der Waals surface area (Å²) >= 11 is 1.08. The molecule has 8 nitrogen and oxygen atoms in total. The van der Waals surface area contributed by atoms with Crippen LogP contribution in [0.5, 0.6) is 11.6 Å². The van der Waals surface area contributed by atoms with Gasteiger partial charge in [0.2, 0.25) is 11.8 Å². The van der Waals surface area contributed by atoms with E-state index >= 15 is 0 Å². The molecule has 0 aliphatic carbocycles. The number of amides is 2. The van der Waals surface area contributed by atoms with Crippen molar-refractivity contribution in [3.8, 4) is 11.6 Å². The SMILES string of the molecule is CCOc1ccc(C=NOCCOc2ccc(CC3SC(=O)N(C(c4ccccc4)(c4ccccc4)c4ccccc4)C3=O)cc2)cn1. The van der Waals surface area contributed by atoms with Gasteiger partial charge in [0.1, 0.15) is 17.9 Å². The van der Waals surface area contributed by atoms with Gasteiger partial charge in [-0.1, -0.05) is 120 Å². The molecule has 48 heavy (non-hydrogen) atoms. The first-order valence-corrected chi connectivity index (χ1v) is 16.6. The van der Waals surface area contributed by atoms with Crippen LogP contribution in [-0.4, -0.2) is 52.3 Å². The summed E-state index contributed by atoms with van der Waals surface area (Å²) in [6, 6.07) is 40.5.